The molecule has 2 aliphatic rings. The molecule has 2 saturated carbocycles. The van der Waals surface area contributed by atoms with Crippen LogP contribution in [0.25, 0.3) is 21.8 Å². The van der Waals surface area contributed by atoms with E-state index < -0.39 is 11.3 Å². The first-order chi connectivity index (χ1) is 23.8. The van der Waals surface area contributed by atoms with Gasteiger partial charge in [0.25, 0.3) is 11.8 Å². The first kappa shape index (κ1) is 34.0. The molecule has 4 unspecified atom stereocenters. The summed E-state index contributed by atoms with van der Waals surface area (Å²) in [5.74, 6) is -1.91. The average Bonchev–Trinajstić information content (AvgIpc) is 3.12. The lowest BCUT2D eigenvalue weighted by Crippen LogP contribution is -2.61. The van der Waals surface area contributed by atoms with Crippen molar-refractivity contribution in [3.8, 4) is 0 Å². The van der Waals surface area contributed by atoms with Gasteiger partial charge < -0.3 is 22.1 Å². The molecule has 10 nitrogen and oxygen atoms in total. The van der Waals surface area contributed by atoms with Crippen LogP contribution in [0.4, 0.5) is 0 Å². The van der Waals surface area contributed by atoms with E-state index in [4.69, 9.17) is 11.5 Å². The number of unbranched alkanes of at least 4 members (excludes halogenated alkanes) is 1. The molecule has 0 saturated heterocycles. The number of carbonyl (C=O) groups is 4. The van der Waals surface area contributed by atoms with Crippen LogP contribution in [0.3, 0.4) is 0 Å². The summed E-state index contributed by atoms with van der Waals surface area (Å²) in [4.78, 5) is 62.6. The number of primary amides is 2. The first-order valence-corrected chi connectivity index (χ1v) is 17.7. The second-order valence-electron chi connectivity index (χ2n) is 13.8. The van der Waals surface area contributed by atoms with E-state index >= 15 is 0 Å². The van der Waals surface area contributed by atoms with Gasteiger partial charge >= 0.3 is 0 Å². The molecule has 2 aromatic heterocycles. The molecular formula is C39H46N6O4. The predicted octanol–water partition coefficient (Wildman–Crippen LogP) is 5.58. The van der Waals surface area contributed by atoms with Gasteiger partial charge in [-0.25, -0.2) is 9.97 Å². The Morgan fingerprint density at radius 2 is 1.10 bits per heavy atom. The number of hydrogen-bond donors (Lipinski definition) is 4. The molecule has 2 fully saturated rings. The first-order valence-electron chi connectivity index (χ1n) is 17.7. The van der Waals surface area contributed by atoms with E-state index in [2.05, 4.69) is 20.6 Å². The number of para-hydroxylation sites is 2. The molecule has 6 rings (SSSR count). The minimum atomic E-state index is -1.04. The van der Waals surface area contributed by atoms with Gasteiger partial charge in [0.2, 0.25) is 11.8 Å². The Morgan fingerprint density at radius 3 is 1.57 bits per heavy atom. The highest BCUT2D eigenvalue weighted by molar-refractivity contribution is 5.96. The van der Waals surface area contributed by atoms with Crippen LogP contribution in [0, 0.1) is 17.3 Å². The fourth-order valence-electron chi connectivity index (χ4n) is 8.56. The molecule has 0 radical (unpaired) electrons. The van der Waals surface area contributed by atoms with Gasteiger partial charge in [-0.1, -0.05) is 80.6 Å². The van der Waals surface area contributed by atoms with Crippen molar-refractivity contribution in [3.05, 3.63) is 84.2 Å². The van der Waals surface area contributed by atoms with Crippen molar-refractivity contribution in [1.29, 1.82) is 0 Å². The Kier molecular flexibility index (Phi) is 10.5. The van der Waals surface area contributed by atoms with Crippen LogP contribution in [0.15, 0.2) is 72.8 Å². The number of amides is 4. The van der Waals surface area contributed by atoms with Gasteiger partial charge in [-0.15, -0.1) is 0 Å². The fraction of sp³-hybridized carbons (Fsp3) is 0.436. The monoisotopic (exact) mass is 662 g/mol. The van der Waals surface area contributed by atoms with Crippen LogP contribution in [-0.2, 0) is 9.59 Å². The summed E-state index contributed by atoms with van der Waals surface area (Å²) in [7, 11) is 0. The van der Waals surface area contributed by atoms with Gasteiger partial charge in [-0.05, 0) is 74.6 Å². The number of nitrogens with zero attached hydrogens (tertiary/aromatic N) is 2. The van der Waals surface area contributed by atoms with E-state index in [0.29, 0.717) is 56.3 Å². The molecule has 2 heterocycles. The molecule has 4 atom stereocenters. The fourth-order valence-corrected chi connectivity index (χ4v) is 8.56. The van der Waals surface area contributed by atoms with Crippen LogP contribution in [0.1, 0.15) is 98.0 Å². The van der Waals surface area contributed by atoms with Gasteiger partial charge in [0, 0.05) is 29.3 Å². The average molecular weight is 663 g/mol. The van der Waals surface area contributed by atoms with Gasteiger partial charge in [-0.2, -0.15) is 0 Å². The van der Waals surface area contributed by atoms with Gasteiger partial charge in [0.1, 0.15) is 11.4 Å². The molecule has 4 amide bonds. The normalized spacial score (nSPS) is 22.2. The number of benzene rings is 2. The van der Waals surface area contributed by atoms with E-state index in [1.54, 1.807) is 12.1 Å². The Balaban J connectivity index is 1.32. The molecule has 2 aromatic carbocycles. The van der Waals surface area contributed by atoms with Gasteiger partial charge in [0.15, 0.2) is 0 Å². The SMILES string of the molecule is NC(=O)CCCCC(C(N)=O)(C1CCCCC1NC(=O)c1ccc2ccccc2n1)C1CCCCC1NC(=O)c1ccc2ccccc2n1. The lowest BCUT2D eigenvalue weighted by Gasteiger charge is -2.52. The summed E-state index contributed by atoms with van der Waals surface area (Å²) in [6, 6.07) is 21.9. The third-order valence-electron chi connectivity index (χ3n) is 10.9. The van der Waals surface area contributed by atoms with Crippen molar-refractivity contribution in [2.75, 3.05) is 0 Å². The highest BCUT2D eigenvalue weighted by Crippen LogP contribution is 2.52. The van der Waals surface area contributed by atoms with E-state index in [-0.39, 0.29) is 48.1 Å². The topological polar surface area (TPSA) is 170 Å². The van der Waals surface area contributed by atoms with Crippen LogP contribution in [-0.4, -0.2) is 45.7 Å². The molecule has 10 heteroatoms. The minimum Gasteiger partial charge on any atom is -0.370 e. The summed E-state index contributed by atoms with van der Waals surface area (Å²) in [5, 5.41) is 8.44. The highest BCUT2D eigenvalue weighted by Gasteiger charge is 2.55. The lowest BCUT2D eigenvalue weighted by atomic mass is 9.54. The molecular weight excluding hydrogens is 616 g/mol. The minimum absolute atomic E-state index is 0.214. The molecule has 6 N–H and O–H groups in total. The number of aromatic nitrogens is 2. The molecule has 0 aliphatic heterocycles. The third kappa shape index (κ3) is 7.43. The zero-order valence-electron chi connectivity index (χ0n) is 27.9. The second kappa shape index (κ2) is 15.1. The standard InChI is InChI=1S/C39H46N6O4/c40-35(46)19-9-10-24-39(38(41)49,27-13-3-7-17-31(27)44-36(47)33-22-20-25-11-1-5-15-29(25)42-33)28-14-4-8-18-32(28)45-37(48)34-23-21-26-12-2-6-16-30(26)43-34/h1-2,5-6,11-12,15-16,20-23,27-28,31-32H,3-4,7-10,13-14,17-19,24H2,(H2,40,46)(H2,41,49)(H,44,47)(H,45,48). The number of rotatable bonds is 12. The summed E-state index contributed by atoms with van der Waals surface area (Å²) >= 11 is 0. The number of fused-ring (bicyclic) bond motifs is 2. The molecule has 0 spiro atoms. The molecule has 256 valence electrons. The predicted molar refractivity (Wildman–Crippen MR) is 189 cm³/mol. The van der Waals surface area contributed by atoms with Crippen LogP contribution < -0.4 is 22.1 Å². The molecule has 49 heavy (non-hydrogen) atoms. The Hall–Kier alpha value is -4.86. The van der Waals surface area contributed by atoms with Gasteiger partial charge in [-0.3, -0.25) is 19.2 Å². The Morgan fingerprint density at radius 1 is 0.633 bits per heavy atom. The lowest BCUT2D eigenvalue weighted by molar-refractivity contribution is -0.141. The third-order valence-corrected chi connectivity index (χ3v) is 10.9. The van der Waals surface area contributed by atoms with Crippen molar-refractivity contribution in [2.45, 2.75) is 89.1 Å². The van der Waals surface area contributed by atoms with Crippen LogP contribution in [0.5, 0.6) is 0 Å². The Labute approximate surface area is 286 Å². The summed E-state index contributed by atoms with van der Waals surface area (Å²) in [6.45, 7) is 0. The van der Waals surface area contributed by atoms with Crippen molar-refractivity contribution in [3.63, 3.8) is 0 Å². The summed E-state index contributed by atoms with van der Waals surface area (Å²) in [5.41, 5.74) is 13.1. The summed E-state index contributed by atoms with van der Waals surface area (Å²) in [6.07, 6.45) is 8.16. The van der Waals surface area contributed by atoms with Crippen molar-refractivity contribution >= 4 is 45.4 Å². The maximum absolute atomic E-state index is 14.1. The largest absolute Gasteiger partial charge is 0.370 e. The highest BCUT2D eigenvalue weighted by atomic mass is 16.2. The summed E-state index contributed by atoms with van der Waals surface area (Å²) < 4.78 is 0. The van der Waals surface area contributed by atoms with Crippen LogP contribution in [0.2, 0.25) is 0 Å². The van der Waals surface area contributed by atoms with Crippen molar-refractivity contribution in [1.82, 2.24) is 20.6 Å². The maximum atomic E-state index is 14.1. The van der Waals surface area contributed by atoms with Crippen molar-refractivity contribution in [2.24, 2.45) is 28.7 Å². The number of nitrogens with two attached hydrogens (primary N) is 2. The van der Waals surface area contributed by atoms with E-state index in [9.17, 15) is 19.2 Å². The zero-order valence-corrected chi connectivity index (χ0v) is 27.9. The molecule has 0 bridgehead atoms. The number of pyridine rings is 2. The second-order valence-corrected chi connectivity index (χ2v) is 13.8. The van der Waals surface area contributed by atoms with E-state index in [1.165, 1.54) is 0 Å². The van der Waals surface area contributed by atoms with E-state index in [0.717, 1.165) is 47.5 Å². The van der Waals surface area contributed by atoms with E-state index in [1.807, 2.05) is 60.7 Å². The van der Waals surface area contributed by atoms with Gasteiger partial charge in [0.05, 0.1) is 16.4 Å². The van der Waals surface area contributed by atoms with Crippen LogP contribution >= 0.6 is 0 Å². The smallest absolute Gasteiger partial charge is 0.270 e. The maximum Gasteiger partial charge on any atom is 0.270 e. The Bertz CT molecular complexity index is 1730. The molecule has 2 aliphatic carbocycles. The number of hydrogen-bond acceptors (Lipinski definition) is 6. The zero-order chi connectivity index (χ0) is 34.4. The number of carbonyl (C=O) groups excluding carboxylic acids is 4. The number of nitrogens with one attached hydrogen (secondary N) is 2. The molecule has 4 aromatic rings. The quantitative estimate of drug-likeness (QED) is 0.144. The van der Waals surface area contributed by atoms with Crippen molar-refractivity contribution < 1.29 is 19.2 Å².